The Hall–Kier alpha value is -1.53. The van der Waals surface area contributed by atoms with Gasteiger partial charge in [-0.05, 0) is 12.1 Å². The van der Waals surface area contributed by atoms with Crippen LogP contribution >= 0.6 is 0 Å². The summed E-state index contributed by atoms with van der Waals surface area (Å²) in [4.78, 5) is 10.6. The van der Waals surface area contributed by atoms with Gasteiger partial charge in [-0.25, -0.2) is 13.6 Å². The smallest absolute Gasteiger partial charge is 0.335 e. The molecule has 1 aromatic rings. The first kappa shape index (κ1) is 11.9. The molecule has 0 amide bonds. The summed E-state index contributed by atoms with van der Waals surface area (Å²) in [5.41, 5.74) is -0.630. The first-order chi connectivity index (χ1) is 8.09. The van der Waals surface area contributed by atoms with E-state index < -0.39 is 29.3 Å². The Bertz CT molecular complexity index is 421. The molecule has 0 aromatic heterocycles. The molecule has 1 fully saturated rings. The fourth-order valence-electron chi connectivity index (χ4n) is 1.77. The van der Waals surface area contributed by atoms with Crippen molar-refractivity contribution in [2.24, 2.45) is 0 Å². The van der Waals surface area contributed by atoms with Crippen LogP contribution in [-0.2, 0) is 4.74 Å². The second kappa shape index (κ2) is 4.77. The molecule has 17 heavy (non-hydrogen) atoms. The molecule has 92 valence electrons. The second-order valence-corrected chi connectivity index (χ2v) is 3.72. The van der Waals surface area contributed by atoms with E-state index in [1.807, 2.05) is 0 Å². The van der Waals surface area contributed by atoms with Crippen molar-refractivity contribution in [2.45, 2.75) is 6.10 Å². The number of morpholine rings is 1. The molecule has 2 rings (SSSR count). The highest BCUT2D eigenvalue weighted by Crippen LogP contribution is 2.26. The van der Waals surface area contributed by atoms with E-state index in [1.54, 1.807) is 0 Å². The van der Waals surface area contributed by atoms with Gasteiger partial charge in [-0.15, -0.1) is 0 Å². The van der Waals surface area contributed by atoms with Gasteiger partial charge in [-0.1, -0.05) is 0 Å². The third kappa shape index (κ3) is 2.42. The Balaban J connectivity index is 2.37. The predicted octanol–water partition coefficient (Wildman–Crippen LogP) is 1.32. The maximum absolute atomic E-state index is 13.6. The average Bonchev–Trinajstić information content (AvgIpc) is 2.29. The van der Waals surface area contributed by atoms with Crippen LogP contribution < -0.4 is 5.32 Å². The molecule has 0 bridgehead atoms. The number of benzene rings is 1. The van der Waals surface area contributed by atoms with Gasteiger partial charge in [-0.3, -0.25) is 0 Å². The minimum Gasteiger partial charge on any atom is -0.478 e. The molecule has 1 saturated heterocycles. The minimum absolute atomic E-state index is 0.220. The van der Waals surface area contributed by atoms with Crippen LogP contribution in [0.2, 0.25) is 0 Å². The molecule has 1 aromatic carbocycles. The van der Waals surface area contributed by atoms with Crippen molar-refractivity contribution in [1.82, 2.24) is 5.32 Å². The number of hydrogen-bond donors (Lipinski definition) is 2. The fourth-order valence-corrected chi connectivity index (χ4v) is 1.77. The average molecular weight is 243 g/mol. The first-order valence-electron chi connectivity index (χ1n) is 5.14. The summed E-state index contributed by atoms with van der Waals surface area (Å²) in [6.45, 7) is 1.30. The first-order valence-corrected chi connectivity index (χ1v) is 5.14. The van der Waals surface area contributed by atoms with E-state index in [9.17, 15) is 13.6 Å². The van der Waals surface area contributed by atoms with E-state index in [2.05, 4.69) is 5.32 Å². The van der Waals surface area contributed by atoms with Crippen LogP contribution in [0.1, 0.15) is 22.0 Å². The number of carboxylic acids is 1. The molecule has 4 nitrogen and oxygen atoms in total. The zero-order valence-electron chi connectivity index (χ0n) is 8.87. The number of hydrogen-bond acceptors (Lipinski definition) is 3. The zero-order valence-corrected chi connectivity index (χ0v) is 8.87. The summed E-state index contributed by atoms with van der Waals surface area (Å²) in [6, 6.07) is 1.61. The number of carbonyl (C=O) groups is 1. The zero-order chi connectivity index (χ0) is 12.4. The number of aromatic carboxylic acids is 1. The molecule has 1 heterocycles. The molecule has 0 spiro atoms. The SMILES string of the molecule is O=C(O)c1cc(F)c(C2CNCCO2)c(F)c1. The largest absolute Gasteiger partial charge is 0.478 e. The van der Waals surface area contributed by atoms with Crippen molar-refractivity contribution in [3.05, 3.63) is 34.9 Å². The van der Waals surface area contributed by atoms with Crippen LogP contribution in [0.25, 0.3) is 0 Å². The third-order valence-electron chi connectivity index (χ3n) is 2.58. The van der Waals surface area contributed by atoms with E-state index in [0.29, 0.717) is 19.7 Å². The van der Waals surface area contributed by atoms with Crippen molar-refractivity contribution < 1.29 is 23.4 Å². The van der Waals surface area contributed by atoms with E-state index in [1.165, 1.54) is 0 Å². The van der Waals surface area contributed by atoms with Crippen molar-refractivity contribution in [3.8, 4) is 0 Å². The van der Waals surface area contributed by atoms with Crippen LogP contribution in [-0.4, -0.2) is 30.8 Å². The van der Waals surface area contributed by atoms with E-state index in [-0.39, 0.29) is 5.56 Å². The van der Waals surface area contributed by atoms with Crippen molar-refractivity contribution in [2.75, 3.05) is 19.7 Å². The van der Waals surface area contributed by atoms with Gasteiger partial charge in [0.2, 0.25) is 0 Å². The molecule has 1 atom stereocenters. The van der Waals surface area contributed by atoms with Crippen LogP contribution in [0.15, 0.2) is 12.1 Å². The molecular formula is C11H11F2NO3. The third-order valence-corrected chi connectivity index (χ3v) is 2.58. The number of rotatable bonds is 2. The van der Waals surface area contributed by atoms with Crippen molar-refractivity contribution >= 4 is 5.97 Å². The van der Waals surface area contributed by atoms with Crippen LogP contribution in [0.3, 0.4) is 0 Å². The number of carboxylic acid groups (broad SMARTS) is 1. The molecule has 0 saturated carbocycles. The van der Waals surface area contributed by atoms with Gasteiger partial charge in [-0.2, -0.15) is 0 Å². The van der Waals surface area contributed by atoms with E-state index in [4.69, 9.17) is 9.84 Å². The van der Waals surface area contributed by atoms with Gasteiger partial charge in [0.05, 0.1) is 17.7 Å². The van der Waals surface area contributed by atoms with Gasteiger partial charge >= 0.3 is 5.97 Å². The maximum atomic E-state index is 13.6. The van der Waals surface area contributed by atoms with Crippen LogP contribution in [0.4, 0.5) is 8.78 Å². The molecule has 1 aliphatic rings. The molecule has 6 heteroatoms. The molecule has 1 aliphatic heterocycles. The van der Waals surface area contributed by atoms with Gasteiger partial charge in [0.25, 0.3) is 0 Å². The molecule has 1 unspecified atom stereocenters. The van der Waals surface area contributed by atoms with Crippen LogP contribution in [0.5, 0.6) is 0 Å². The number of nitrogens with one attached hydrogen (secondary N) is 1. The lowest BCUT2D eigenvalue weighted by molar-refractivity contribution is 0.0231. The lowest BCUT2D eigenvalue weighted by Gasteiger charge is -2.24. The van der Waals surface area contributed by atoms with Gasteiger partial charge in [0.15, 0.2) is 0 Å². The van der Waals surface area contributed by atoms with E-state index >= 15 is 0 Å². The fraction of sp³-hybridized carbons (Fsp3) is 0.364. The Kier molecular flexibility index (Phi) is 3.35. The maximum Gasteiger partial charge on any atom is 0.335 e. The lowest BCUT2D eigenvalue weighted by Crippen LogP contribution is -2.34. The highest BCUT2D eigenvalue weighted by atomic mass is 19.1. The topological polar surface area (TPSA) is 58.6 Å². The summed E-state index contributed by atoms with van der Waals surface area (Å²) in [5.74, 6) is -3.15. The Morgan fingerprint density at radius 3 is 2.53 bits per heavy atom. The highest BCUT2D eigenvalue weighted by Gasteiger charge is 2.24. The Labute approximate surface area is 96.2 Å². The lowest BCUT2D eigenvalue weighted by atomic mass is 10.0. The Morgan fingerprint density at radius 1 is 1.41 bits per heavy atom. The van der Waals surface area contributed by atoms with E-state index in [0.717, 1.165) is 12.1 Å². The van der Waals surface area contributed by atoms with Gasteiger partial charge in [0, 0.05) is 13.1 Å². The number of halogens is 2. The van der Waals surface area contributed by atoms with Crippen molar-refractivity contribution in [1.29, 1.82) is 0 Å². The van der Waals surface area contributed by atoms with Gasteiger partial charge < -0.3 is 15.2 Å². The van der Waals surface area contributed by atoms with Crippen LogP contribution in [0, 0.1) is 11.6 Å². The minimum atomic E-state index is -1.36. The monoisotopic (exact) mass is 243 g/mol. The summed E-state index contributed by atoms with van der Waals surface area (Å²) in [7, 11) is 0. The second-order valence-electron chi connectivity index (χ2n) is 3.72. The number of ether oxygens (including phenoxy) is 1. The van der Waals surface area contributed by atoms with Gasteiger partial charge in [0.1, 0.15) is 17.7 Å². The summed E-state index contributed by atoms with van der Waals surface area (Å²) in [5, 5.41) is 11.6. The molecular weight excluding hydrogens is 232 g/mol. The quantitative estimate of drug-likeness (QED) is 0.822. The summed E-state index contributed by atoms with van der Waals surface area (Å²) in [6.07, 6.45) is -0.716. The molecule has 0 radical (unpaired) electrons. The highest BCUT2D eigenvalue weighted by molar-refractivity contribution is 5.87. The normalized spacial score (nSPS) is 20.2. The predicted molar refractivity (Wildman–Crippen MR) is 54.9 cm³/mol. The molecule has 2 N–H and O–H groups in total. The standard InChI is InChI=1S/C11H11F2NO3/c12-7-3-6(11(15)16)4-8(13)10(7)9-5-14-1-2-17-9/h3-4,9,14H,1-2,5H2,(H,15,16). The molecule has 0 aliphatic carbocycles. The Morgan fingerprint density at radius 2 is 2.06 bits per heavy atom. The summed E-state index contributed by atoms with van der Waals surface area (Å²) >= 11 is 0. The summed E-state index contributed by atoms with van der Waals surface area (Å²) < 4.78 is 32.5. The van der Waals surface area contributed by atoms with Crippen molar-refractivity contribution in [3.63, 3.8) is 0 Å².